The van der Waals surface area contributed by atoms with Gasteiger partial charge in [0.05, 0.1) is 17.1 Å². The van der Waals surface area contributed by atoms with E-state index in [9.17, 15) is 10.1 Å². The minimum atomic E-state index is -0.446. The second kappa shape index (κ2) is 4.46. The summed E-state index contributed by atoms with van der Waals surface area (Å²) in [6.07, 6.45) is 3.52. The van der Waals surface area contributed by atoms with Gasteiger partial charge in [-0.1, -0.05) is 0 Å². The Labute approximate surface area is 110 Å². The molecule has 0 spiro atoms. The van der Waals surface area contributed by atoms with Crippen molar-refractivity contribution in [1.29, 1.82) is 0 Å². The molecule has 8 nitrogen and oxygen atoms in total. The van der Waals surface area contributed by atoms with E-state index >= 15 is 0 Å². The summed E-state index contributed by atoms with van der Waals surface area (Å²) in [7, 11) is 1.65. The van der Waals surface area contributed by atoms with Crippen LogP contribution in [0.25, 0.3) is 0 Å². The number of nitrogens with two attached hydrogens (primary N) is 1. The first-order valence-corrected chi connectivity index (χ1v) is 6.39. The predicted molar refractivity (Wildman–Crippen MR) is 67.7 cm³/mol. The average molecular weight is 267 g/mol. The molecule has 4 atom stereocenters. The lowest BCUT2D eigenvalue weighted by molar-refractivity contribution is -0.384. The third-order valence-electron chi connectivity index (χ3n) is 3.99. The van der Waals surface area contributed by atoms with E-state index in [-0.39, 0.29) is 29.7 Å². The molecule has 4 unspecified atom stereocenters. The van der Waals surface area contributed by atoms with Crippen LogP contribution in [0.3, 0.4) is 0 Å². The van der Waals surface area contributed by atoms with E-state index in [4.69, 9.17) is 10.5 Å². The standard InChI is InChI=1S/C11H17N5O3/c1-15-5-7(16(17)18)11(14-15)13-9-8(12)6-3-2-4-19-10(6)9/h5-6,8-10H,2-4,12H2,1H3,(H,13,14). The molecule has 0 aromatic carbocycles. The average Bonchev–Trinajstić information content (AvgIpc) is 2.77. The quantitative estimate of drug-likeness (QED) is 0.600. The fourth-order valence-electron chi connectivity index (χ4n) is 3.00. The van der Waals surface area contributed by atoms with Crippen LogP contribution in [0.15, 0.2) is 6.20 Å². The van der Waals surface area contributed by atoms with Crippen LogP contribution in [0.5, 0.6) is 0 Å². The number of aromatic nitrogens is 2. The summed E-state index contributed by atoms with van der Waals surface area (Å²) in [5.41, 5.74) is 6.08. The van der Waals surface area contributed by atoms with Crippen LogP contribution in [-0.4, -0.2) is 39.5 Å². The molecule has 3 N–H and O–H groups in total. The zero-order valence-electron chi connectivity index (χ0n) is 10.7. The molecule has 0 bridgehead atoms. The van der Waals surface area contributed by atoms with E-state index in [2.05, 4.69) is 10.4 Å². The third kappa shape index (κ3) is 1.96. The van der Waals surface area contributed by atoms with E-state index < -0.39 is 4.92 Å². The molecule has 1 saturated heterocycles. The lowest BCUT2D eigenvalue weighted by Gasteiger charge is -2.52. The summed E-state index contributed by atoms with van der Waals surface area (Å²) >= 11 is 0. The summed E-state index contributed by atoms with van der Waals surface area (Å²) in [5, 5.41) is 18.1. The number of fused-ring (bicyclic) bond motifs is 1. The van der Waals surface area contributed by atoms with Crippen LogP contribution in [0.2, 0.25) is 0 Å². The van der Waals surface area contributed by atoms with Crippen LogP contribution < -0.4 is 11.1 Å². The van der Waals surface area contributed by atoms with Crippen LogP contribution in [-0.2, 0) is 11.8 Å². The number of hydrogen-bond donors (Lipinski definition) is 2. The number of nitrogens with one attached hydrogen (secondary N) is 1. The topological polar surface area (TPSA) is 108 Å². The number of rotatable bonds is 3. The minimum Gasteiger partial charge on any atom is -0.376 e. The molecule has 1 saturated carbocycles. The SMILES string of the molecule is Cn1cc([N+](=O)[O-])c(NC2C(N)C3CCCOC32)n1. The number of aryl methyl sites for hydroxylation is 1. The molecule has 2 heterocycles. The van der Waals surface area contributed by atoms with Crippen LogP contribution in [0.4, 0.5) is 11.5 Å². The molecular formula is C11H17N5O3. The van der Waals surface area contributed by atoms with Crippen molar-refractivity contribution >= 4 is 11.5 Å². The maximum atomic E-state index is 10.9. The van der Waals surface area contributed by atoms with Crippen LogP contribution in [0.1, 0.15) is 12.8 Å². The van der Waals surface area contributed by atoms with Gasteiger partial charge in [0.25, 0.3) is 0 Å². The monoisotopic (exact) mass is 267 g/mol. The van der Waals surface area contributed by atoms with Crippen LogP contribution in [0, 0.1) is 16.0 Å². The van der Waals surface area contributed by atoms with Gasteiger partial charge in [0.2, 0.25) is 5.82 Å². The van der Waals surface area contributed by atoms with E-state index in [1.54, 1.807) is 7.05 Å². The van der Waals surface area contributed by atoms with Crippen molar-refractivity contribution in [2.45, 2.75) is 31.0 Å². The van der Waals surface area contributed by atoms with Crippen molar-refractivity contribution in [3.8, 4) is 0 Å². The Bertz CT molecular complexity index is 503. The smallest absolute Gasteiger partial charge is 0.330 e. The molecule has 0 amide bonds. The normalized spacial score (nSPS) is 33.4. The zero-order valence-corrected chi connectivity index (χ0v) is 10.7. The Hall–Kier alpha value is -1.67. The number of nitro groups is 1. The highest BCUT2D eigenvalue weighted by Gasteiger charge is 2.51. The fraction of sp³-hybridized carbons (Fsp3) is 0.727. The summed E-state index contributed by atoms with van der Waals surface area (Å²) in [6.45, 7) is 0.733. The number of anilines is 1. The Morgan fingerprint density at radius 2 is 2.47 bits per heavy atom. The van der Waals surface area contributed by atoms with Crippen LogP contribution >= 0.6 is 0 Å². The molecule has 1 aromatic heterocycles. The highest BCUT2D eigenvalue weighted by Crippen LogP contribution is 2.39. The van der Waals surface area contributed by atoms with Gasteiger partial charge in [-0.2, -0.15) is 0 Å². The first-order valence-electron chi connectivity index (χ1n) is 6.39. The lowest BCUT2D eigenvalue weighted by Crippen LogP contribution is -2.69. The summed E-state index contributed by atoms with van der Waals surface area (Å²) in [4.78, 5) is 10.5. The molecule has 19 heavy (non-hydrogen) atoms. The molecule has 8 heteroatoms. The summed E-state index contributed by atoms with van der Waals surface area (Å²) in [6, 6.07) is -0.134. The van der Waals surface area contributed by atoms with E-state index in [0.29, 0.717) is 5.92 Å². The number of ether oxygens (including phenoxy) is 1. The molecular weight excluding hydrogens is 250 g/mol. The van der Waals surface area contributed by atoms with Gasteiger partial charge in [0.15, 0.2) is 0 Å². The molecule has 1 aromatic rings. The second-order valence-corrected chi connectivity index (χ2v) is 5.18. The molecule has 2 fully saturated rings. The first kappa shape index (κ1) is 12.4. The maximum Gasteiger partial charge on any atom is 0.330 e. The molecule has 0 radical (unpaired) electrons. The largest absolute Gasteiger partial charge is 0.376 e. The van der Waals surface area contributed by atoms with E-state index in [1.165, 1.54) is 10.9 Å². The maximum absolute atomic E-state index is 10.9. The summed E-state index contributed by atoms with van der Waals surface area (Å²) < 4.78 is 7.11. The van der Waals surface area contributed by atoms with E-state index in [0.717, 1.165) is 19.4 Å². The zero-order chi connectivity index (χ0) is 13.6. The highest BCUT2D eigenvalue weighted by atomic mass is 16.6. The van der Waals surface area contributed by atoms with Gasteiger partial charge in [-0.15, -0.1) is 5.10 Å². The van der Waals surface area contributed by atoms with Gasteiger partial charge in [-0.3, -0.25) is 14.8 Å². The fourth-order valence-corrected chi connectivity index (χ4v) is 3.00. The van der Waals surface area contributed by atoms with Crippen molar-refractivity contribution in [3.63, 3.8) is 0 Å². The number of nitrogens with zero attached hydrogens (tertiary/aromatic N) is 3. The Kier molecular flexibility index (Phi) is 2.90. The Morgan fingerprint density at radius 3 is 3.21 bits per heavy atom. The minimum absolute atomic E-state index is 0.0334. The van der Waals surface area contributed by atoms with Gasteiger partial charge >= 0.3 is 5.69 Å². The third-order valence-corrected chi connectivity index (χ3v) is 3.99. The van der Waals surface area contributed by atoms with Gasteiger partial charge in [-0.05, 0) is 12.8 Å². The predicted octanol–water partition coefficient (Wildman–Crippen LogP) is 0.245. The second-order valence-electron chi connectivity index (χ2n) is 5.18. The van der Waals surface area contributed by atoms with Gasteiger partial charge in [0.1, 0.15) is 6.20 Å². The van der Waals surface area contributed by atoms with Crippen molar-refractivity contribution < 1.29 is 9.66 Å². The molecule has 3 rings (SSSR count). The number of hydrogen-bond acceptors (Lipinski definition) is 6. The molecule has 104 valence electrons. The Balaban J connectivity index is 1.76. The van der Waals surface area contributed by atoms with Gasteiger partial charge < -0.3 is 15.8 Å². The van der Waals surface area contributed by atoms with Crippen molar-refractivity contribution in [2.75, 3.05) is 11.9 Å². The lowest BCUT2D eigenvalue weighted by atomic mass is 9.68. The van der Waals surface area contributed by atoms with Crippen molar-refractivity contribution in [2.24, 2.45) is 18.7 Å². The highest BCUT2D eigenvalue weighted by molar-refractivity contribution is 5.56. The van der Waals surface area contributed by atoms with Crippen molar-refractivity contribution in [3.05, 3.63) is 16.3 Å². The molecule has 2 aliphatic rings. The first-order chi connectivity index (χ1) is 9.08. The van der Waals surface area contributed by atoms with Gasteiger partial charge in [0, 0.05) is 25.6 Å². The van der Waals surface area contributed by atoms with Crippen molar-refractivity contribution in [1.82, 2.24) is 9.78 Å². The van der Waals surface area contributed by atoms with Gasteiger partial charge in [-0.25, -0.2) is 0 Å². The molecule has 1 aliphatic heterocycles. The molecule has 1 aliphatic carbocycles. The van der Waals surface area contributed by atoms with E-state index in [1.807, 2.05) is 0 Å². The summed E-state index contributed by atoms with van der Waals surface area (Å²) in [5.74, 6) is 0.620. The Morgan fingerprint density at radius 1 is 1.68 bits per heavy atom.